The van der Waals surface area contributed by atoms with Crippen molar-refractivity contribution < 1.29 is 5.11 Å². The summed E-state index contributed by atoms with van der Waals surface area (Å²) in [4.78, 5) is 0. The third-order valence-corrected chi connectivity index (χ3v) is 0.296. The fraction of sp³-hybridized carbons (Fsp3) is 1.00. The van der Waals surface area contributed by atoms with Gasteiger partial charge in [0.05, 0.1) is 0 Å². The van der Waals surface area contributed by atoms with Crippen molar-refractivity contribution in [3.8, 4) is 0 Å². The number of hydrogen-bond acceptors (Lipinski definition) is 3. The van der Waals surface area contributed by atoms with Crippen LogP contribution in [0.3, 0.4) is 0 Å². The lowest BCUT2D eigenvalue weighted by molar-refractivity contribution is 0.154. The van der Waals surface area contributed by atoms with Crippen LogP contribution in [0.5, 0.6) is 0 Å². The molecular formula is C2H8N2O. The Labute approximate surface area is 30.8 Å². The van der Waals surface area contributed by atoms with Crippen molar-refractivity contribution in [1.82, 2.24) is 5.32 Å². The molecule has 0 aliphatic carbocycles. The minimum absolute atomic E-state index is 0.866. The van der Waals surface area contributed by atoms with Crippen LogP contribution in [-0.4, -0.2) is 18.5 Å². The van der Waals surface area contributed by atoms with Crippen molar-refractivity contribution >= 4 is 0 Å². The molecule has 0 bridgehead atoms. The van der Waals surface area contributed by atoms with E-state index in [2.05, 4.69) is 5.32 Å². The molecule has 0 aromatic heterocycles. The molecule has 32 valence electrons. The van der Waals surface area contributed by atoms with Crippen LogP contribution in [0.1, 0.15) is 0 Å². The molecule has 0 aromatic rings. The Morgan fingerprint density at radius 2 is 2.20 bits per heavy atom. The summed E-state index contributed by atoms with van der Waals surface area (Å²) in [7, 11) is 1.57. The normalized spacial score (nSPS) is 15.0. The van der Waals surface area contributed by atoms with E-state index in [1.54, 1.807) is 7.05 Å². The number of aliphatic hydroxyl groups excluding tert-OH is 1. The molecule has 0 amide bonds. The molecule has 0 saturated heterocycles. The molecule has 3 heteroatoms. The zero-order valence-electron chi connectivity index (χ0n) is 3.10. The van der Waals surface area contributed by atoms with Gasteiger partial charge in [0.2, 0.25) is 0 Å². The van der Waals surface area contributed by atoms with Crippen LogP contribution in [0.4, 0.5) is 0 Å². The summed E-state index contributed by atoms with van der Waals surface area (Å²) >= 11 is 0. The number of nitrogens with two attached hydrogens (primary N) is 1. The third-order valence-electron chi connectivity index (χ3n) is 0.296. The summed E-state index contributed by atoms with van der Waals surface area (Å²) in [6.07, 6.45) is -0.866. The highest BCUT2D eigenvalue weighted by Gasteiger charge is 1.78. The van der Waals surface area contributed by atoms with Crippen molar-refractivity contribution in [3.63, 3.8) is 0 Å². The van der Waals surface area contributed by atoms with Gasteiger partial charge in [-0.25, -0.2) is 0 Å². The first kappa shape index (κ1) is 4.88. The maximum absolute atomic E-state index is 8.03. The Bertz CT molecular complexity index is 21.6. The van der Waals surface area contributed by atoms with E-state index in [4.69, 9.17) is 10.8 Å². The molecule has 0 rings (SSSR count). The maximum Gasteiger partial charge on any atom is 0.157 e. The lowest BCUT2D eigenvalue weighted by Crippen LogP contribution is -2.33. The average molecular weight is 76.1 g/mol. The van der Waals surface area contributed by atoms with E-state index in [1.165, 1.54) is 0 Å². The van der Waals surface area contributed by atoms with E-state index in [0.717, 1.165) is 0 Å². The molecule has 4 N–H and O–H groups in total. The minimum atomic E-state index is -0.866. The second-order valence-electron chi connectivity index (χ2n) is 0.734. The minimum Gasteiger partial charge on any atom is -0.366 e. The molecule has 1 atom stereocenters. The van der Waals surface area contributed by atoms with Crippen LogP contribution in [0.15, 0.2) is 0 Å². The van der Waals surface area contributed by atoms with Gasteiger partial charge in [-0.1, -0.05) is 0 Å². The lowest BCUT2D eigenvalue weighted by Gasteiger charge is -1.95. The first-order valence-corrected chi connectivity index (χ1v) is 1.38. The monoisotopic (exact) mass is 76.1 g/mol. The lowest BCUT2D eigenvalue weighted by atomic mass is 11.0. The molecule has 0 aromatic carbocycles. The van der Waals surface area contributed by atoms with E-state index in [-0.39, 0.29) is 0 Å². The van der Waals surface area contributed by atoms with Gasteiger partial charge >= 0.3 is 0 Å². The van der Waals surface area contributed by atoms with E-state index in [1.807, 2.05) is 0 Å². The topological polar surface area (TPSA) is 58.3 Å². The highest BCUT2D eigenvalue weighted by Crippen LogP contribution is 1.44. The fourth-order valence-electron chi connectivity index (χ4n) is 0. The fourth-order valence-corrected chi connectivity index (χ4v) is 0. The molecule has 0 fully saturated rings. The maximum atomic E-state index is 8.03. The zero-order valence-corrected chi connectivity index (χ0v) is 3.10. The molecule has 1 unspecified atom stereocenters. The Balaban J connectivity index is 2.54. The van der Waals surface area contributed by atoms with E-state index >= 15 is 0 Å². The Morgan fingerprint density at radius 1 is 2.00 bits per heavy atom. The number of hydrogen-bond donors (Lipinski definition) is 3. The van der Waals surface area contributed by atoms with Gasteiger partial charge in [-0.3, -0.25) is 11.1 Å². The number of rotatable bonds is 1. The predicted molar refractivity (Wildman–Crippen MR) is 19.3 cm³/mol. The standard InChI is InChI=1S/C2H8N2O/c1-4-2(3)5/h2,4-5H,3H2,1H3. The molecule has 0 radical (unpaired) electrons. The first-order chi connectivity index (χ1) is 2.27. The summed E-state index contributed by atoms with van der Waals surface area (Å²) in [5.74, 6) is 0. The Morgan fingerprint density at radius 3 is 2.20 bits per heavy atom. The van der Waals surface area contributed by atoms with Gasteiger partial charge in [0.25, 0.3) is 0 Å². The van der Waals surface area contributed by atoms with Crippen LogP contribution in [0.2, 0.25) is 0 Å². The van der Waals surface area contributed by atoms with Crippen LogP contribution in [0, 0.1) is 0 Å². The van der Waals surface area contributed by atoms with E-state index in [9.17, 15) is 0 Å². The summed E-state index contributed by atoms with van der Waals surface area (Å²) < 4.78 is 0. The molecule has 0 heterocycles. The molecule has 0 saturated carbocycles. The summed E-state index contributed by atoms with van der Waals surface area (Å²) in [5, 5.41) is 10.4. The van der Waals surface area contributed by atoms with Crippen molar-refractivity contribution in [2.75, 3.05) is 7.05 Å². The molecular weight excluding hydrogens is 68.0 g/mol. The van der Waals surface area contributed by atoms with Gasteiger partial charge < -0.3 is 5.11 Å². The van der Waals surface area contributed by atoms with Gasteiger partial charge in [0.15, 0.2) is 6.35 Å². The van der Waals surface area contributed by atoms with Gasteiger partial charge in [0.1, 0.15) is 0 Å². The smallest absolute Gasteiger partial charge is 0.157 e. The second kappa shape index (κ2) is 2.14. The largest absolute Gasteiger partial charge is 0.366 e. The highest BCUT2D eigenvalue weighted by molar-refractivity contribution is 4.24. The molecule has 5 heavy (non-hydrogen) atoms. The van der Waals surface area contributed by atoms with Gasteiger partial charge in [-0.15, -0.1) is 0 Å². The quantitative estimate of drug-likeness (QED) is 0.331. The van der Waals surface area contributed by atoms with Crippen LogP contribution in [0.25, 0.3) is 0 Å². The van der Waals surface area contributed by atoms with E-state index < -0.39 is 6.35 Å². The van der Waals surface area contributed by atoms with Crippen LogP contribution >= 0.6 is 0 Å². The van der Waals surface area contributed by atoms with Crippen molar-refractivity contribution in [2.45, 2.75) is 6.35 Å². The molecule has 0 spiro atoms. The first-order valence-electron chi connectivity index (χ1n) is 1.38. The number of nitrogens with one attached hydrogen (secondary N) is 1. The Hall–Kier alpha value is -0.120. The van der Waals surface area contributed by atoms with Crippen LogP contribution < -0.4 is 11.1 Å². The Kier molecular flexibility index (Phi) is 2.09. The average Bonchev–Trinajstić information content (AvgIpc) is 1.38. The van der Waals surface area contributed by atoms with Crippen LogP contribution in [-0.2, 0) is 0 Å². The summed E-state index contributed by atoms with van der Waals surface area (Å²) in [6.45, 7) is 0. The van der Waals surface area contributed by atoms with Crippen molar-refractivity contribution in [2.24, 2.45) is 5.73 Å². The number of aliphatic hydroxyl groups is 1. The third kappa shape index (κ3) is 3.88. The second-order valence-corrected chi connectivity index (χ2v) is 0.734. The van der Waals surface area contributed by atoms with Crippen molar-refractivity contribution in [3.05, 3.63) is 0 Å². The van der Waals surface area contributed by atoms with Gasteiger partial charge in [-0.05, 0) is 7.05 Å². The summed E-state index contributed by atoms with van der Waals surface area (Å²) in [5.41, 5.74) is 4.74. The molecule has 3 nitrogen and oxygen atoms in total. The van der Waals surface area contributed by atoms with E-state index in [0.29, 0.717) is 0 Å². The van der Waals surface area contributed by atoms with Crippen molar-refractivity contribution in [1.29, 1.82) is 0 Å². The predicted octanol–water partition coefficient (Wildman–Crippen LogP) is -1.56. The van der Waals surface area contributed by atoms with Gasteiger partial charge in [0, 0.05) is 0 Å². The SMILES string of the molecule is CNC(N)O. The molecule has 0 aliphatic rings. The van der Waals surface area contributed by atoms with Gasteiger partial charge in [-0.2, -0.15) is 0 Å². The summed E-state index contributed by atoms with van der Waals surface area (Å²) in [6, 6.07) is 0. The zero-order chi connectivity index (χ0) is 4.28. The highest BCUT2D eigenvalue weighted by atomic mass is 16.3. The molecule has 0 aliphatic heterocycles.